The normalized spacial score (nSPS) is 30.6. The molecule has 6 rings (SSSR count). The number of fused-ring (bicyclic) bond motifs is 1. The highest BCUT2D eigenvalue weighted by atomic mass is 16.7. The fraction of sp³-hybridized carbons (Fsp3) is 0.583. The van der Waals surface area contributed by atoms with Crippen molar-refractivity contribution in [3.05, 3.63) is 35.9 Å². The van der Waals surface area contributed by atoms with Crippen LogP contribution in [0.5, 0.6) is 5.75 Å². The molecular formula is C24H31BO5. The van der Waals surface area contributed by atoms with Crippen molar-refractivity contribution in [3.63, 3.8) is 0 Å². The van der Waals surface area contributed by atoms with Crippen LogP contribution in [0.2, 0.25) is 0 Å². The molecule has 0 heterocycles. The molecule has 4 aliphatic carbocycles. The van der Waals surface area contributed by atoms with Gasteiger partial charge in [0.2, 0.25) is 0 Å². The van der Waals surface area contributed by atoms with Crippen LogP contribution in [-0.2, 0) is 14.9 Å². The average molecular weight is 410 g/mol. The molecule has 0 radical (unpaired) electrons. The highest BCUT2D eigenvalue weighted by Crippen LogP contribution is 2.62. The minimum atomic E-state index is -1.46. The zero-order valence-electron chi connectivity index (χ0n) is 17.8. The smallest absolute Gasteiger partial charge is 0.467 e. The van der Waals surface area contributed by atoms with Gasteiger partial charge in [0.15, 0.2) is 13.1 Å². The van der Waals surface area contributed by atoms with E-state index in [9.17, 15) is 10.0 Å². The van der Waals surface area contributed by atoms with Crippen LogP contribution in [0.15, 0.2) is 30.3 Å². The monoisotopic (exact) mass is 410 g/mol. The van der Waals surface area contributed by atoms with Crippen LogP contribution in [0.3, 0.4) is 0 Å². The van der Waals surface area contributed by atoms with Crippen LogP contribution in [0.4, 0.5) is 0 Å². The van der Waals surface area contributed by atoms with E-state index in [0.29, 0.717) is 5.46 Å². The molecule has 1 unspecified atom stereocenters. The molecule has 1 atom stereocenters. The molecule has 4 bridgehead atoms. The van der Waals surface area contributed by atoms with Gasteiger partial charge in [-0.15, -0.1) is 0 Å². The highest BCUT2D eigenvalue weighted by molar-refractivity contribution is 6.58. The second kappa shape index (κ2) is 7.83. The molecule has 160 valence electrons. The molecule has 0 aliphatic heterocycles. The van der Waals surface area contributed by atoms with Crippen LogP contribution in [-0.4, -0.2) is 37.4 Å². The first-order chi connectivity index (χ1) is 14.5. The fourth-order valence-corrected chi connectivity index (χ4v) is 6.69. The van der Waals surface area contributed by atoms with Gasteiger partial charge in [-0.05, 0) is 97.0 Å². The summed E-state index contributed by atoms with van der Waals surface area (Å²) >= 11 is 0. The Labute approximate surface area is 178 Å². The Morgan fingerprint density at radius 1 is 1.00 bits per heavy atom. The molecule has 2 aromatic rings. The van der Waals surface area contributed by atoms with E-state index in [0.717, 1.165) is 34.3 Å². The number of benzene rings is 2. The van der Waals surface area contributed by atoms with Gasteiger partial charge in [0.1, 0.15) is 5.75 Å². The van der Waals surface area contributed by atoms with Gasteiger partial charge in [0.25, 0.3) is 0 Å². The molecule has 0 amide bonds. The largest absolute Gasteiger partial charge is 0.488 e. The summed E-state index contributed by atoms with van der Waals surface area (Å²) in [6.45, 7) is 2.00. The standard InChI is InChI=1S/C24H31BO5/c1-15(28-2)29-14-30-23-10-19-3-4-21(25(26)27)8-20(19)9-22(23)24-11-16-5-17(12-24)7-18(6-16)13-24/h3-4,8-10,15-18,26-27H,5-7,11-14H2,1-2H3. The lowest BCUT2D eigenvalue weighted by atomic mass is 9.48. The topological polar surface area (TPSA) is 68.2 Å². The Balaban J connectivity index is 1.55. The molecule has 4 aliphatic rings. The minimum absolute atomic E-state index is 0.146. The van der Waals surface area contributed by atoms with E-state index in [4.69, 9.17) is 14.2 Å². The number of ether oxygens (including phenoxy) is 3. The van der Waals surface area contributed by atoms with Gasteiger partial charge >= 0.3 is 7.12 Å². The van der Waals surface area contributed by atoms with Crippen LogP contribution < -0.4 is 10.2 Å². The average Bonchev–Trinajstić information content (AvgIpc) is 2.71. The van der Waals surface area contributed by atoms with E-state index in [1.54, 1.807) is 13.2 Å². The molecule has 2 N–H and O–H groups in total. The summed E-state index contributed by atoms with van der Waals surface area (Å²) in [4.78, 5) is 0. The molecule has 0 aromatic heterocycles. The maximum Gasteiger partial charge on any atom is 0.488 e. The summed E-state index contributed by atoms with van der Waals surface area (Å²) in [7, 11) is 0.159. The Bertz CT molecular complexity index is 892. The van der Waals surface area contributed by atoms with Gasteiger partial charge in [0, 0.05) is 12.7 Å². The molecule has 2 aromatic carbocycles. The Morgan fingerprint density at radius 3 is 2.27 bits per heavy atom. The maximum atomic E-state index is 9.63. The van der Waals surface area contributed by atoms with Crippen molar-refractivity contribution in [2.45, 2.75) is 57.2 Å². The molecule has 5 nitrogen and oxygen atoms in total. The zero-order valence-corrected chi connectivity index (χ0v) is 17.8. The third kappa shape index (κ3) is 3.64. The zero-order chi connectivity index (χ0) is 20.9. The van der Waals surface area contributed by atoms with Crippen molar-refractivity contribution in [2.24, 2.45) is 17.8 Å². The van der Waals surface area contributed by atoms with Crippen LogP contribution in [0, 0.1) is 17.8 Å². The van der Waals surface area contributed by atoms with Crippen LogP contribution in [0.1, 0.15) is 51.0 Å². The second-order valence-corrected chi connectivity index (χ2v) is 9.76. The summed E-state index contributed by atoms with van der Waals surface area (Å²) in [6, 6.07) is 9.90. The van der Waals surface area contributed by atoms with Crippen molar-refractivity contribution in [3.8, 4) is 5.75 Å². The second-order valence-electron chi connectivity index (χ2n) is 9.76. The summed E-state index contributed by atoms with van der Waals surface area (Å²) in [6.07, 6.45) is 7.55. The van der Waals surface area contributed by atoms with Crippen molar-refractivity contribution >= 4 is 23.4 Å². The van der Waals surface area contributed by atoms with E-state index < -0.39 is 7.12 Å². The maximum absolute atomic E-state index is 9.63. The van der Waals surface area contributed by atoms with E-state index >= 15 is 0 Å². The van der Waals surface area contributed by atoms with E-state index in [1.807, 2.05) is 19.1 Å². The summed E-state index contributed by atoms with van der Waals surface area (Å²) in [5.74, 6) is 3.38. The summed E-state index contributed by atoms with van der Waals surface area (Å²) in [5, 5.41) is 21.3. The lowest BCUT2D eigenvalue weighted by Crippen LogP contribution is -2.48. The van der Waals surface area contributed by atoms with Gasteiger partial charge in [-0.25, -0.2) is 0 Å². The molecule has 30 heavy (non-hydrogen) atoms. The Kier molecular flexibility index (Phi) is 5.30. The van der Waals surface area contributed by atoms with Crippen molar-refractivity contribution in [1.82, 2.24) is 0 Å². The minimum Gasteiger partial charge on any atom is -0.467 e. The molecule has 0 spiro atoms. The quantitative estimate of drug-likeness (QED) is 0.542. The van der Waals surface area contributed by atoms with E-state index in [-0.39, 0.29) is 18.5 Å². The third-order valence-corrected chi connectivity index (χ3v) is 7.72. The van der Waals surface area contributed by atoms with E-state index in [1.165, 1.54) is 44.1 Å². The first-order valence-corrected chi connectivity index (χ1v) is 11.2. The lowest BCUT2D eigenvalue weighted by Gasteiger charge is -2.57. The first-order valence-electron chi connectivity index (χ1n) is 11.2. The molecule has 4 saturated carbocycles. The SMILES string of the molecule is COC(C)OCOc1cc2ccc(B(O)O)cc2cc1C12CC3CC(CC(C3)C1)C2. The summed E-state index contributed by atoms with van der Waals surface area (Å²) < 4.78 is 17.0. The first kappa shape index (κ1) is 20.3. The van der Waals surface area contributed by atoms with Gasteiger partial charge in [-0.1, -0.05) is 18.2 Å². The van der Waals surface area contributed by atoms with Gasteiger partial charge in [0.05, 0.1) is 0 Å². The number of hydrogen-bond acceptors (Lipinski definition) is 5. The predicted octanol–water partition coefficient (Wildman–Crippen LogP) is 3.33. The highest BCUT2D eigenvalue weighted by Gasteiger charge is 2.52. The lowest BCUT2D eigenvalue weighted by molar-refractivity contribution is -0.150. The molecule has 4 fully saturated rings. The Morgan fingerprint density at radius 2 is 1.67 bits per heavy atom. The number of rotatable bonds is 7. The molecule has 0 saturated heterocycles. The van der Waals surface area contributed by atoms with Crippen LogP contribution >= 0.6 is 0 Å². The number of hydrogen-bond donors (Lipinski definition) is 2. The fourth-order valence-electron chi connectivity index (χ4n) is 6.69. The molecular weight excluding hydrogens is 379 g/mol. The third-order valence-electron chi connectivity index (χ3n) is 7.72. The summed E-state index contributed by atoms with van der Waals surface area (Å²) in [5.41, 5.74) is 1.95. The van der Waals surface area contributed by atoms with E-state index in [2.05, 4.69) is 12.1 Å². The van der Waals surface area contributed by atoms with Gasteiger partial charge in [-0.2, -0.15) is 0 Å². The van der Waals surface area contributed by atoms with Crippen molar-refractivity contribution in [2.75, 3.05) is 13.9 Å². The van der Waals surface area contributed by atoms with Crippen LogP contribution in [0.25, 0.3) is 10.8 Å². The van der Waals surface area contributed by atoms with Crippen molar-refractivity contribution < 1.29 is 24.3 Å². The predicted molar refractivity (Wildman–Crippen MR) is 117 cm³/mol. The Hall–Kier alpha value is -1.60. The van der Waals surface area contributed by atoms with Gasteiger partial charge < -0.3 is 24.3 Å². The number of methoxy groups -OCH3 is 1. The molecule has 6 heteroatoms. The van der Waals surface area contributed by atoms with Crippen molar-refractivity contribution in [1.29, 1.82) is 0 Å². The van der Waals surface area contributed by atoms with Gasteiger partial charge in [-0.3, -0.25) is 0 Å².